The zero-order valence-corrected chi connectivity index (χ0v) is 18.5. The molecule has 1 N–H and O–H groups in total. The number of piperidine rings is 1. The van der Waals surface area contributed by atoms with Gasteiger partial charge in [0.1, 0.15) is 12.4 Å². The minimum atomic E-state index is -0.541. The average molecular weight is 423 g/mol. The van der Waals surface area contributed by atoms with Crippen LogP contribution in [0.4, 0.5) is 5.69 Å². The fourth-order valence-corrected chi connectivity index (χ4v) is 4.79. The van der Waals surface area contributed by atoms with Gasteiger partial charge in [-0.25, -0.2) is 0 Å². The van der Waals surface area contributed by atoms with E-state index in [4.69, 9.17) is 9.47 Å². The SMILES string of the molecule is CC1CCCN(CCOc2ccc(NC(=O)C3(c4ccccc4)CCOCC3)cc2)C1. The van der Waals surface area contributed by atoms with Crippen molar-refractivity contribution < 1.29 is 14.3 Å². The molecule has 2 saturated heterocycles. The van der Waals surface area contributed by atoms with Crippen molar-refractivity contribution in [2.24, 2.45) is 5.92 Å². The minimum absolute atomic E-state index is 0.0369. The van der Waals surface area contributed by atoms with Crippen LogP contribution in [0.15, 0.2) is 54.6 Å². The molecule has 0 aliphatic carbocycles. The minimum Gasteiger partial charge on any atom is -0.492 e. The summed E-state index contributed by atoms with van der Waals surface area (Å²) >= 11 is 0. The van der Waals surface area contributed by atoms with E-state index < -0.39 is 5.41 Å². The highest BCUT2D eigenvalue weighted by Crippen LogP contribution is 2.36. The molecule has 5 nitrogen and oxygen atoms in total. The molecule has 2 fully saturated rings. The van der Waals surface area contributed by atoms with Crippen molar-refractivity contribution in [3.63, 3.8) is 0 Å². The zero-order chi connectivity index (χ0) is 21.5. The Labute approximate surface area is 185 Å². The van der Waals surface area contributed by atoms with E-state index in [1.54, 1.807) is 0 Å². The fraction of sp³-hybridized carbons (Fsp3) is 0.500. The summed E-state index contributed by atoms with van der Waals surface area (Å²) in [6.45, 7) is 7.52. The maximum Gasteiger partial charge on any atom is 0.235 e. The molecule has 1 unspecified atom stereocenters. The summed E-state index contributed by atoms with van der Waals surface area (Å²) in [5.41, 5.74) is 1.31. The molecule has 0 spiro atoms. The maximum absolute atomic E-state index is 13.3. The van der Waals surface area contributed by atoms with Gasteiger partial charge in [0.05, 0.1) is 5.41 Å². The molecule has 31 heavy (non-hydrogen) atoms. The predicted octanol–water partition coefficient (Wildman–Crippen LogP) is 4.48. The van der Waals surface area contributed by atoms with Gasteiger partial charge in [0.15, 0.2) is 0 Å². The Morgan fingerprint density at radius 2 is 1.87 bits per heavy atom. The summed E-state index contributed by atoms with van der Waals surface area (Å²) in [6.07, 6.45) is 4.01. The van der Waals surface area contributed by atoms with Crippen LogP contribution in [0.25, 0.3) is 0 Å². The summed E-state index contributed by atoms with van der Waals surface area (Å²) in [5, 5.41) is 3.13. The molecule has 0 bridgehead atoms. The lowest BCUT2D eigenvalue weighted by molar-refractivity contribution is -0.125. The molecule has 2 aliphatic rings. The first-order valence-electron chi connectivity index (χ1n) is 11.6. The molecule has 166 valence electrons. The number of likely N-dealkylation sites (tertiary alicyclic amines) is 1. The van der Waals surface area contributed by atoms with Crippen LogP contribution < -0.4 is 10.1 Å². The van der Waals surface area contributed by atoms with Gasteiger partial charge in [0.2, 0.25) is 5.91 Å². The molecule has 2 aromatic rings. The number of anilines is 1. The van der Waals surface area contributed by atoms with Gasteiger partial charge in [-0.15, -0.1) is 0 Å². The largest absolute Gasteiger partial charge is 0.492 e. The van der Waals surface area contributed by atoms with Crippen LogP contribution >= 0.6 is 0 Å². The Morgan fingerprint density at radius 3 is 2.58 bits per heavy atom. The quantitative estimate of drug-likeness (QED) is 0.715. The number of ether oxygens (including phenoxy) is 2. The lowest BCUT2D eigenvalue weighted by Crippen LogP contribution is -2.44. The van der Waals surface area contributed by atoms with Crippen LogP contribution in [0.3, 0.4) is 0 Å². The Bertz CT molecular complexity index is 831. The van der Waals surface area contributed by atoms with Gasteiger partial charge in [-0.3, -0.25) is 9.69 Å². The van der Waals surface area contributed by atoms with Crippen molar-refractivity contribution in [2.75, 3.05) is 44.8 Å². The Balaban J connectivity index is 1.34. The van der Waals surface area contributed by atoms with Crippen molar-refractivity contribution in [3.05, 3.63) is 60.2 Å². The molecule has 2 aliphatic heterocycles. The number of rotatable bonds is 7. The standard InChI is InChI=1S/C26H34N2O3/c1-21-6-5-15-28(20-21)16-19-31-24-11-9-23(10-12-24)27-25(29)26(13-17-30-18-14-26)22-7-3-2-4-8-22/h2-4,7-12,21H,5-6,13-20H2,1H3,(H,27,29). The first kappa shape index (κ1) is 21.8. The number of carbonyl (C=O) groups excluding carboxylic acids is 1. The number of amides is 1. The van der Waals surface area contributed by atoms with Crippen molar-refractivity contribution >= 4 is 11.6 Å². The molecule has 5 heteroatoms. The molecule has 1 amide bonds. The molecule has 4 rings (SSSR count). The van der Waals surface area contributed by atoms with E-state index in [1.807, 2.05) is 54.6 Å². The van der Waals surface area contributed by atoms with Crippen LogP contribution in [-0.4, -0.2) is 50.3 Å². The number of benzene rings is 2. The number of hydrogen-bond acceptors (Lipinski definition) is 4. The average Bonchev–Trinajstić information content (AvgIpc) is 2.81. The molecule has 0 saturated carbocycles. The molecule has 1 atom stereocenters. The van der Waals surface area contributed by atoms with Gasteiger partial charge in [0.25, 0.3) is 0 Å². The fourth-order valence-electron chi connectivity index (χ4n) is 4.79. The molecular formula is C26H34N2O3. The first-order chi connectivity index (χ1) is 15.2. The number of hydrogen-bond donors (Lipinski definition) is 1. The van der Waals surface area contributed by atoms with Crippen LogP contribution in [-0.2, 0) is 14.9 Å². The van der Waals surface area contributed by atoms with Crippen molar-refractivity contribution in [3.8, 4) is 5.75 Å². The van der Waals surface area contributed by atoms with Gasteiger partial charge in [-0.1, -0.05) is 37.3 Å². The van der Waals surface area contributed by atoms with Crippen LogP contribution in [0.2, 0.25) is 0 Å². The van der Waals surface area contributed by atoms with E-state index in [2.05, 4.69) is 17.1 Å². The lowest BCUT2D eigenvalue weighted by atomic mass is 9.73. The normalized spacial score (nSPS) is 21.4. The van der Waals surface area contributed by atoms with Crippen LogP contribution in [0, 0.1) is 5.92 Å². The van der Waals surface area contributed by atoms with Gasteiger partial charge < -0.3 is 14.8 Å². The second kappa shape index (κ2) is 10.3. The zero-order valence-electron chi connectivity index (χ0n) is 18.5. The van der Waals surface area contributed by atoms with Gasteiger partial charge in [-0.2, -0.15) is 0 Å². The molecule has 2 heterocycles. The molecule has 0 radical (unpaired) electrons. The number of carbonyl (C=O) groups is 1. The van der Waals surface area contributed by atoms with Gasteiger partial charge >= 0.3 is 0 Å². The molecule has 2 aromatic carbocycles. The summed E-state index contributed by atoms with van der Waals surface area (Å²) in [6, 6.07) is 17.8. The Kier molecular flexibility index (Phi) is 7.25. The summed E-state index contributed by atoms with van der Waals surface area (Å²) in [7, 11) is 0. The first-order valence-corrected chi connectivity index (χ1v) is 11.6. The second-order valence-electron chi connectivity index (χ2n) is 8.94. The third kappa shape index (κ3) is 5.46. The molecule has 0 aromatic heterocycles. The van der Waals surface area contributed by atoms with E-state index in [0.717, 1.165) is 29.5 Å². The topological polar surface area (TPSA) is 50.8 Å². The predicted molar refractivity (Wildman–Crippen MR) is 124 cm³/mol. The number of nitrogens with one attached hydrogen (secondary N) is 1. The van der Waals surface area contributed by atoms with Crippen molar-refractivity contribution in [1.82, 2.24) is 4.90 Å². The highest BCUT2D eigenvalue weighted by Gasteiger charge is 2.41. The van der Waals surface area contributed by atoms with Gasteiger partial charge in [0, 0.05) is 32.0 Å². The van der Waals surface area contributed by atoms with E-state index >= 15 is 0 Å². The summed E-state index contributed by atoms with van der Waals surface area (Å²) < 4.78 is 11.5. The third-order valence-corrected chi connectivity index (χ3v) is 6.64. The smallest absolute Gasteiger partial charge is 0.235 e. The van der Waals surface area contributed by atoms with Crippen LogP contribution in [0.5, 0.6) is 5.75 Å². The molecular weight excluding hydrogens is 388 g/mol. The summed E-state index contributed by atoms with van der Waals surface area (Å²) in [5.74, 6) is 1.66. The Morgan fingerprint density at radius 1 is 1.13 bits per heavy atom. The van der Waals surface area contributed by atoms with E-state index in [9.17, 15) is 4.79 Å². The van der Waals surface area contributed by atoms with E-state index in [1.165, 1.54) is 25.9 Å². The lowest BCUT2D eigenvalue weighted by Gasteiger charge is -2.36. The highest BCUT2D eigenvalue weighted by molar-refractivity contribution is 5.99. The van der Waals surface area contributed by atoms with Crippen LogP contribution in [0.1, 0.15) is 38.2 Å². The Hall–Kier alpha value is -2.37. The van der Waals surface area contributed by atoms with Gasteiger partial charge in [-0.05, 0) is 68.0 Å². The maximum atomic E-state index is 13.3. The number of nitrogens with zero attached hydrogens (tertiary/aromatic N) is 1. The highest BCUT2D eigenvalue weighted by atomic mass is 16.5. The van der Waals surface area contributed by atoms with E-state index in [0.29, 0.717) is 32.7 Å². The second-order valence-corrected chi connectivity index (χ2v) is 8.94. The van der Waals surface area contributed by atoms with Crippen molar-refractivity contribution in [2.45, 2.75) is 38.0 Å². The third-order valence-electron chi connectivity index (χ3n) is 6.64. The monoisotopic (exact) mass is 422 g/mol. The van der Waals surface area contributed by atoms with E-state index in [-0.39, 0.29) is 5.91 Å². The summed E-state index contributed by atoms with van der Waals surface area (Å²) in [4.78, 5) is 15.8. The van der Waals surface area contributed by atoms with Crippen molar-refractivity contribution in [1.29, 1.82) is 0 Å².